The van der Waals surface area contributed by atoms with Crippen LogP contribution in [0.2, 0.25) is 0 Å². The van der Waals surface area contributed by atoms with Crippen LogP contribution in [0.5, 0.6) is 5.75 Å². The first-order chi connectivity index (χ1) is 7.19. The van der Waals surface area contributed by atoms with Crippen molar-refractivity contribution in [3.63, 3.8) is 0 Å². The lowest BCUT2D eigenvalue weighted by Gasteiger charge is -2.08. The molecule has 0 aliphatic carbocycles. The van der Waals surface area contributed by atoms with Crippen molar-refractivity contribution in [2.24, 2.45) is 4.99 Å². The first kappa shape index (κ1) is 11.3. The molecule has 80 valence electrons. The lowest BCUT2D eigenvalue weighted by atomic mass is 10.1. The number of ether oxygens (including phenoxy) is 1. The van der Waals surface area contributed by atoms with E-state index in [1.165, 1.54) is 25.3 Å². The van der Waals surface area contributed by atoms with Gasteiger partial charge in [0.25, 0.3) is 6.43 Å². The average Bonchev–Trinajstić information content (AvgIpc) is 2.25. The summed E-state index contributed by atoms with van der Waals surface area (Å²) in [6, 6.07) is 4.27. The highest BCUT2D eigenvalue weighted by molar-refractivity contribution is 5.39. The van der Waals surface area contributed by atoms with Crippen LogP contribution >= 0.6 is 0 Å². The summed E-state index contributed by atoms with van der Waals surface area (Å²) in [5.74, 6) is 0.129. The van der Waals surface area contributed by atoms with Gasteiger partial charge in [0.05, 0.1) is 19.2 Å². The van der Waals surface area contributed by atoms with E-state index >= 15 is 0 Å². The Morgan fingerprint density at radius 2 is 2.27 bits per heavy atom. The molecule has 15 heavy (non-hydrogen) atoms. The number of benzene rings is 1. The Morgan fingerprint density at radius 1 is 1.53 bits per heavy atom. The molecule has 0 amide bonds. The highest BCUT2D eigenvalue weighted by Gasteiger charge is 2.13. The number of isocyanates is 1. The first-order valence-corrected chi connectivity index (χ1v) is 4.17. The second-order valence-corrected chi connectivity index (χ2v) is 2.78. The number of aliphatic imine (C=N–C) groups is 1. The monoisotopic (exact) mass is 213 g/mol. The molecule has 1 aromatic rings. The number of hydrogen-bond donors (Lipinski definition) is 0. The smallest absolute Gasteiger partial charge is 0.267 e. The van der Waals surface area contributed by atoms with Crippen LogP contribution in [0.1, 0.15) is 17.6 Å². The molecule has 0 heterocycles. The maximum absolute atomic E-state index is 12.5. The van der Waals surface area contributed by atoms with Gasteiger partial charge in [-0.05, 0) is 17.7 Å². The summed E-state index contributed by atoms with van der Waals surface area (Å²) in [5.41, 5.74) is 0.325. The first-order valence-electron chi connectivity index (χ1n) is 4.17. The van der Waals surface area contributed by atoms with Crippen molar-refractivity contribution in [1.29, 1.82) is 0 Å². The number of alkyl halides is 2. The number of nitrogens with zero attached hydrogens (tertiary/aromatic N) is 1. The quantitative estimate of drug-likeness (QED) is 0.569. The van der Waals surface area contributed by atoms with Gasteiger partial charge in [0.15, 0.2) is 0 Å². The van der Waals surface area contributed by atoms with Gasteiger partial charge < -0.3 is 4.74 Å². The zero-order valence-electron chi connectivity index (χ0n) is 8.04. The Bertz CT molecular complexity index is 387. The number of methoxy groups -OCH3 is 1. The third kappa shape index (κ3) is 2.86. The van der Waals surface area contributed by atoms with Gasteiger partial charge in [0.1, 0.15) is 5.75 Å². The molecule has 3 nitrogen and oxygen atoms in total. The van der Waals surface area contributed by atoms with Crippen molar-refractivity contribution in [2.45, 2.75) is 13.0 Å². The second kappa shape index (κ2) is 5.22. The summed E-state index contributed by atoms with van der Waals surface area (Å²) in [6.07, 6.45) is -1.26. The minimum Gasteiger partial charge on any atom is -0.496 e. The summed E-state index contributed by atoms with van der Waals surface area (Å²) in [4.78, 5) is 13.2. The standard InChI is InChI=1S/C10H9F2NO2/c1-15-9-3-2-7(5-13-6-14)4-8(9)10(11)12/h2-4,10H,5H2,1H3. The number of halogens is 2. The maximum atomic E-state index is 12.5. The Kier molecular flexibility index (Phi) is 3.94. The SMILES string of the molecule is COc1ccc(CN=C=O)cc1C(F)F. The van der Waals surface area contributed by atoms with E-state index in [-0.39, 0.29) is 17.9 Å². The van der Waals surface area contributed by atoms with Crippen LogP contribution in [0.25, 0.3) is 0 Å². The second-order valence-electron chi connectivity index (χ2n) is 2.78. The molecular formula is C10H9F2NO2. The summed E-state index contributed by atoms with van der Waals surface area (Å²) in [6.45, 7) is 0.0488. The van der Waals surface area contributed by atoms with E-state index in [9.17, 15) is 13.6 Å². The zero-order valence-corrected chi connectivity index (χ0v) is 8.04. The van der Waals surface area contributed by atoms with Gasteiger partial charge in [-0.15, -0.1) is 0 Å². The predicted molar refractivity (Wildman–Crippen MR) is 49.8 cm³/mol. The maximum Gasteiger partial charge on any atom is 0.267 e. The van der Waals surface area contributed by atoms with Gasteiger partial charge in [0, 0.05) is 0 Å². The van der Waals surface area contributed by atoms with E-state index in [0.717, 1.165) is 0 Å². The van der Waals surface area contributed by atoms with Crippen molar-refractivity contribution in [3.05, 3.63) is 29.3 Å². The van der Waals surface area contributed by atoms with Crippen molar-refractivity contribution < 1.29 is 18.3 Å². The van der Waals surface area contributed by atoms with Gasteiger partial charge in [0.2, 0.25) is 6.08 Å². The molecule has 0 bridgehead atoms. The third-order valence-corrected chi connectivity index (χ3v) is 1.86. The number of carbonyl (C=O) groups excluding carboxylic acids is 1. The van der Waals surface area contributed by atoms with Crippen molar-refractivity contribution in [1.82, 2.24) is 0 Å². The van der Waals surface area contributed by atoms with Crippen LogP contribution in [0.15, 0.2) is 23.2 Å². The summed E-state index contributed by atoms with van der Waals surface area (Å²) < 4.78 is 29.8. The summed E-state index contributed by atoms with van der Waals surface area (Å²) in [7, 11) is 1.32. The summed E-state index contributed by atoms with van der Waals surface area (Å²) >= 11 is 0. The van der Waals surface area contributed by atoms with Crippen LogP contribution in [0.3, 0.4) is 0 Å². The Labute approximate surface area is 85.4 Å². The van der Waals surface area contributed by atoms with Gasteiger partial charge >= 0.3 is 0 Å². The molecule has 0 atom stereocenters. The van der Waals surface area contributed by atoms with Gasteiger partial charge in [-0.2, -0.15) is 0 Å². The molecule has 0 N–H and O–H groups in total. The molecule has 0 spiro atoms. The van der Waals surface area contributed by atoms with E-state index < -0.39 is 6.43 Å². The fourth-order valence-electron chi connectivity index (χ4n) is 1.18. The molecule has 1 aromatic carbocycles. The fraction of sp³-hybridized carbons (Fsp3) is 0.300. The van der Waals surface area contributed by atoms with E-state index in [4.69, 9.17) is 4.74 Å². The molecule has 0 aliphatic heterocycles. The van der Waals surface area contributed by atoms with Gasteiger partial charge in [-0.25, -0.2) is 18.6 Å². The van der Waals surface area contributed by atoms with Gasteiger partial charge in [-0.3, -0.25) is 0 Å². The molecule has 1 rings (SSSR count). The lowest BCUT2D eigenvalue weighted by Crippen LogP contribution is -1.94. The Hall–Kier alpha value is -1.74. The molecule has 0 fully saturated rings. The van der Waals surface area contributed by atoms with Crippen molar-refractivity contribution >= 4 is 6.08 Å². The van der Waals surface area contributed by atoms with Crippen LogP contribution in [-0.4, -0.2) is 13.2 Å². The largest absolute Gasteiger partial charge is 0.496 e. The minimum absolute atomic E-state index is 0.0488. The molecular weight excluding hydrogens is 204 g/mol. The van der Waals surface area contributed by atoms with E-state index in [0.29, 0.717) is 5.56 Å². The highest BCUT2D eigenvalue weighted by Crippen LogP contribution is 2.29. The van der Waals surface area contributed by atoms with Crippen LogP contribution in [0.4, 0.5) is 8.78 Å². The Morgan fingerprint density at radius 3 is 2.80 bits per heavy atom. The van der Waals surface area contributed by atoms with Crippen molar-refractivity contribution in [2.75, 3.05) is 7.11 Å². The molecule has 0 saturated carbocycles. The molecule has 0 radical (unpaired) electrons. The molecule has 5 heteroatoms. The van der Waals surface area contributed by atoms with Crippen LogP contribution in [0, 0.1) is 0 Å². The fourth-order valence-corrected chi connectivity index (χ4v) is 1.18. The number of rotatable bonds is 4. The van der Waals surface area contributed by atoms with E-state index in [2.05, 4.69) is 4.99 Å². The van der Waals surface area contributed by atoms with Crippen LogP contribution in [-0.2, 0) is 11.3 Å². The predicted octanol–water partition coefficient (Wildman–Crippen LogP) is 2.47. The van der Waals surface area contributed by atoms with Gasteiger partial charge in [-0.1, -0.05) is 6.07 Å². The topological polar surface area (TPSA) is 38.7 Å². The zero-order chi connectivity index (χ0) is 11.3. The lowest BCUT2D eigenvalue weighted by molar-refractivity contribution is 0.147. The molecule has 0 saturated heterocycles. The van der Waals surface area contributed by atoms with E-state index in [1.807, 2.05) is 0 Å². The normalized spacial score (nSPS) is 9.87. The molecule has 0 unspecified atom stereocenters. The third-order valence-electron chi connectivity index (χ3n) is 1.86. The highest BCUT2D eigenvalue weighted by atomic mass is 19.3. The minimum atomic E-state index is -2.61. The molecule has 0 aromatic heterocycles. The van der Waals surface area contributed by atoms with Crippen LogP contribution < -0.4 is 4.74 Å². The number of hydrogen-bond acceptors (Lipinski definition) is 3. The average molecular weight is 213 g/mol. The van der Waals surface area contributed by atoms with E-state index in [1.54, 1.807) is 6.07 Å². The van der Waals surface area contributed by atoms with Crippen molar-refractivity contribution in [3.8, 4) is 5.75 Å². The molecule has 0 aliphatic rings. The Balaban J connectivity index is 3.04. The summed E-state index contributed by atoms with van der Waals surface area (Å²) in [5, 5.41) is 0.